The zero-order chi connectivity index (χ0) is 9.76. The molecular weight excluding hydrogens is 206 g/mol. The monoisotopic (exact) mass is 228 g/mol. The lowest BCUT2D eigenvalue weighted by Crippen LogP contribution is -3.00. The average molecular weight is 229 g/mol. The number of nitrogens with two attached hydrogens (primary N) is 1. The van der Waals surface area contributed by atoms with Gasteiger partial charge >= 0.3 is 0 Å². The predicted octanol–water partition coefficient (Wildman–Crippen LogP) is -0.0559. The maximum absolute atomic E-state index is 6.37. The topological polar surface area (TPSA) is 26.0 Å². The molecule has 0 heterocycles. The molecule has 4 rings (SSSR count). The molecule has 1 unspecified atom stereocenters. The van der Waals surface area contributed by atoms with E-state index in [1.54, 1.807) is 0 Å². The zero-order valence-corrected chi connectivity index (χ0v) is 10.5. The lowest BCUT2D eigenvalue weighted by molar-refractivity contribution is -0.0673. The average Bonchev–Trinajstić information content (AvgIpc) is 2.14. The lowest BCUT2D eigenvalue weighted by Gasteiger charge is -2.59. The Hall–Kier alpha value is 0.250. The smallest absolute Gasteiger partial charge is 0.00932 e. The van der Waals surface area contributed by atoms with E-state index in [4.69, 9.17) is 5.73 Å². The molecule has 2 heteroatoms. The van der Waals surface area contributed by atoms with Crippen molar-refractivity contribution in [2.24, 2.45) is 28.9 Å². The normalized spacial score (nSPS) is 48.8. The lowest BCUT2D eigenvalue weighted by atomic mass is 9.47. The molecule has 0 aromatic heterocycles. The van der Waals surface area contributed by atoms with Gasteiger partial charge in [0.25, 0.3) is 0 Å². The van der Waals surface area contributed by atoms with Crippen molar-refractivity contribution in [1.82, 2.24) is 0 Å². The van der Waals surface area contributed by atoms with Gasteiger partial charge in [0.2, 0.25) is 0 Å². The number of halogens is 1. The first-order valence-corrected chi connectivity index (χ1v) is 6.47. The molecule has 4 bridgehead atoms. The van der Waals surface area contributed by atoms with Crippen molar-refractivity contribution in [3.8, 4) is 0 Å². The van der Waals surface area contributed by atoms with Crippen LogP contribution in [0.1, 0.15) is 51.9 Å². The maximum Gasteiger partial charge on any atom is 0.00932 e. The van der Waals surface area contributed by atoms with Crippen LogP contribution in [0.15, 0.2) is 0 Å². The molecule has 0 aromatic rings. The Bertz CT molecular complexity index is 203. The van der Waals surface area contributed by atoms with Gasteiger partial charge in [0, 0.05) is 6.04 Å². The second-order valence-electron chi connectivity index (χ2n) is 6.29. The summed E-state index contributed by atoms with van der Waals surface area (Å²) < 4.78 is 0. The highest BCUT2D eigenvalue weighted by Gasteiger charge is 2.52. The molecule has 15 heavy (non-hydrogen) atoms. The molecule has 0 aromatic carbocycles. The molecule has 0 saturated heterocycles. The minimum atomic E-state index is 0. The van der Waals surface area contributed by atoms with Crippen molar-refractivity contribution in [1.29, 1.82) is 0 Å². The first-order chi connectivity index (χ1) is 6.72. The summed E-state index contributed by atoms with van der Waals surface area (Å²) >= 11 is 0. The summed E-state index contributed by atoms with van der Waals surface area (Å²) in [7, 11) is 0. The standard InChI is InChI=1S/C13H23N.ClH/c1-2-12(14)13-6-9-3-10(7-13)5-11(4-9)8-13;/h9-12H,2-8,14H2,1H3;1H/p-1. The second-order valence-corrected chi connectivity index (χ2v) is 6.29. The predicted molar refractivity (Wildman–Crippen MR) is 58.9 cm³/mol. The Labute approximate surface area is 99.6 Å². The minimum absolute atomic E-state index is 0. The fraction of sp³-hybridized carbons (Fsp3) is 1.00. The van der Waals surface area contributed by atoms with E-state index in [0.717, 1.165) is 17.8 Å². The van der Waals surface area contributed by atoms with Crippen LogP contribution in [0.3, 0.4) is 0 Å². The van der Waals surface area contributed by atoms with Crippen LogP contribution in [-0.4, -0.2) is 6.04 Å². The van der Waals surface area contributed by atoms with Crippen LogP contribution in [0.5, 0.6) is 0 Å². The van der Waals surface area contributed by atoms with Crippen molar-refractivity contribution in [3.05, 3.63) is 0 Å². The van der Waals surface area contributed by atoms with Gasteiger partial charge in [0.15, 0.2) is 0 Å². The van der Waals surface area contributed by atoms with E-state index in [-0.39, 0.29) is 12.4 Å². The maximum atomic E-state index is 6.37. The Balaban J connectivity index is 0.000000853. The summed E-state index contributed by atoms with van der Waals surface area (Å²) in [5, 5.41) is 0. The van der Waals surface area contributed by atoms with Crippen molar-refractivity contribution in [3.63, 3.8) is 0 Å². The first-order valence-electron chi connectivity index (χ1n) is 6.47. The third-order valence-electron chi connectivity index (χ3n) is 5.31. The zero-order valence-electron chi connectivity index (χ0n) is 9.71. The van der Waals surface area contributed by atoms with Gasteiger partial charge in [0.1, 0.15) is 0 Å². The summed E-state index contributed by atoms with van der Waals surface area (Å²) in [5.74, 6) is 3.16. The number of hydrogen-bond donors (Lipinski definition) is 1. The first kappa shape index (κ1) is 11.7. The summed E-state index contributed by atoms with van der Waals surface area (Å²) in [6, 6.07) is 0.496. The van der Waals surface area contributed by atoms with E-state index in [0.29, 0.717) is 11.5 Å². The van der Waals surface area contributed by atoms with E-state index in [1.807, 2.05) is 0 Å². The number of rotatable bonds is 2. The molecule has 1 nitrogen and oxygen atoms in total. The van der Waals surface area contributed by atoms with Gasteiger partial charge in [-0.05, 0) is 68.1 Å². The third kappa shape index (κ3) is 1.72. The Kier molecular flexibility index (Phi) is 3.07. The van der Waals surface area contributed by atoms with Crippen LogP contribution in [0, 0.1) is 23.2 Å². The highest BCUT2D eigenvalue weighted by Crippen LogP contribution is 2.61. The van der Waals surface area contributed by atoms with Gasteiger partial charge in [-0.25, -0.2) is 0 Å². The fourth-order valence-corrected chi connectivity index (χ4v) is 5.06. The van der Waals surface area contributed by atoms with Crippen LogP contribution < -0.4 is 18.1 Å². The molecule has 0 aliphatic heterocycles. The van der Waals surface area contributed by atoms with Gasteiger partial charge in [-0.1, -0.05) is 6.92 Å². The van der Waals surface area contributed by atoms with Gasteiger partial charge in [-0.3, -0.25) is 0 Å². The molecule has 88 valence electrons. The van der Waals surface area contributed by atoms with E-state index in [1.165, 1.54) is 44.9 Å². The SMILES string of the molecule is CCC(N)C12CC3CC(CC(C3)C1)C2.[Cl-]. The van der Waals surface area contributed by atoms with E-state index < -0.39 is 0 Å². The van der Waals surface area contributed by atoms with E-state index in [2.05, 4.69) is 6.92 Å². The Morgan fingerprint density at radius 3 is 1.80 bits per heavy atom. The molecule has 4 aliphatic carbocycles. The summed E-state index contributed by atoms with van der Waals surface area (Å²) in [6.45, 7) is 2.27. The summed E-state index contributed by atoms with van der Waals surface area (Å²) in [4.78, 5) is 0. The molecule has 0 radical (unpaired) electrons. The van der Waals surface area contributed by atoms with Crippen LogP contribution in [0.25, 0.3) is 0 Å². The molecule has 4 fully saturated rings. The van der Waals surface area contributed by atoms with Crippen LogP contribution in [0.2, 0.25) is 0 Å². The second kappa shape index (κ2) is 3.92. The van der Waals surface area contributed by atoms with Crippen molar-refractivity contribution >= 4 is 0 Å². The number of hydrogen-bond acceptors (Lipinski definition) is 1. The van der Waals surface area contributed by atoms with Crippen LogP contribution in [0.4, 0.5) is 0 Å². The van der Waals surface area contributed by atoms with Crippen molar-refractivity contribution in [2.45, 2.75) is 57.9 Å². The largest absolute Gasteiger partial charge is 1.00 e. The van der Waals surface area contributed by atoms with Crippen LogP contribution >= 0.6 is 0 Å². The molecule has 0 amide bonds. The molecule has 4 saturated carbocycles. The van der Waals surface area contributed by atoms with E-state index in [9.17, 15) is 0 Å². The Morgan fingerprint density at radius 1 is 1.07 bits per heavy atom. The van der Waals surface area contributed by atoms with Gasteiger partial charge in [0.05, 0.1) is 0 Å². The van der Waals surface area contributed by atoms with Crippen molar-refractivity contribution < 1.29 is 12.4 Å². The Morgan fingerprint density at radius 2 is 1.47 bits per heavy atom. The summed E-state index contributed by atoms with van der Waals surface area (Å²) in [5.41, 5.74) is 6.96. The highest BCUT2D eigenvalue weighted by atomic mass is 35.5. The molecular formula is C13H23ClN-. The molecule has 2 N–H and O–H groups in total. The van der Waals surface area contributed by atoms with Crippen molar-refractivity contribution in [2.75, 3.05) is 0 Å². The molecule has 1 atom stereocenters. The summed E-state index contributed by atoms with van der Waals surface area (Å²) in [6.07, 6.45) is 10.2. The highest BCUT2D eigenvalue weighted by molar-refractivity contribution is 5.05. The third-order valence-corrected chi connectivity index (χ3v) is 5.31. The molecule has 4 aliphatic rings. The minimum Gasteiger partial charge on any atom is -1.00 e. The van der Waals surface area contributed by atoms with Gasteiger partial charge < -0.3 is 18.1 Å². The fourth-order valence-electron chi connectivity index (χ4n) is 5.06. The molecule has 0 spiro atoms. The van der Waals surface area contributed by atoms with Gasteiger partial charge in [-0.2, -0.15) is 0 Å². The van der Waals surface area contributed by atoms with Gasteiger partial charge in [-0.15, -0.1) is 0 Å². The van der Waals surface area contributed by atoms with E-state index >= 15 is 0 Å². The van der Waals surface area contributed by atoms with Crippen LogP contribution in [-0.2, 0) is 0 Å². The quantitative estimate of drug-likeness (QED) is 0.705.